The smallest absolute Gasteiger partial charge is 0.239 e. The van der Waals surface area contributed by atoms with E-state index in [1.165, 1.54) is 12.3 Å². The van der Waals surface area contributed by atoms with Gasteiger partial charge in [0.1, 0.15) is 10.7 Å². The Labute approximate surface area is 108 Å². The summed E-state index contributed by atoms with van der Waals surface area (Å²) in [6.45, 7) is 4.68. The normalized spacial score (nSPS) is 15.1. The predicted octanol–water partition coefficient (Wildman–Crippen LogP) is 0.658. The molecule has 1 aromatic rings. The van der Waals surface area contributed by atoms with Gasteiger partial charge in [0, 0.05) is 11.7 Å². The Morgan fingerprint density at radius 2 is 2.11 bits per heavy atom. The molecule has 0 aliphatic carbocycles. The van der Waals surface area contributed by atoms with Gasteiger partial charge in [0.05, 0.1) is 0 Å². The average Bonchev–Trinajstić information content (AvgIpc) is 2.29. The van der Waals surface area contributed by atoms with E-state index in [4.69, 9.17) is 10.9 Å². The van der Waals surface area contributed by atoms with Crippen molar-refractivity contribution >= 4 is 15.8 Å². The van der Waals surface area contributed by atoms with Gasteiger partial charge >= 0.3 is 0 Å². The van der Waals surface area contributed by atoms with Crippen molar-refractivity contribution in [2.75, 3.05) is 11.9 Å². The van der Waals surface area contributed by atoms with Crippen LogP contribution in [-0.2, 0) is 10.0 Å². The molecule has 0 amide bonds. The summed E-state index contributed by atoms with van der Waals surface area (Å²) in [5.41, 5.74) is 5.42. The van der Waals surface area contributed by atoms with Crippen LogP contribution in [0.5, 0.6) is 0 Å². The van der Waals surface area contributed by atoms with Crippen LogP contribution in [0.2, 0.25) is 0 Å². The van der Waals surface area contributed by atoms with E-state index in [9.17, 15) is 8.42 Å². The maximum absolute atomic E-state index is 11.1. The van der Waals surface area contributed by atoms with Gasteiger partial charge < -0.3 is 11.1 Å². The molecule has 18 heavy (non-hydrogen) atoms. The van der Waals surface area contributed by atoms with E-state index in [-0.39, 0.29) is 10.4 Å². The van der Waals surface area contributed by atoms with Gasteiger partial charge in [-0.05, 0) is 38.4 Å². The van der Waals surface area contributed by atoms with E-state index >= 15 is 0 Å². The van der Waals surface area contributed by atoms with Gasteiger partial charge in [-0.2, -0.15) is 0 Å². The molecule has 0 radical (unpaired) electrons. The zero-order valence-corrected chi connectivity index (χ0v) is 11.5. The van der Waals surface area contributed by atoms with Crippen LogP contribution >= 0.6 is 0 Å². The highest BCUT2D eigenvalue weighted by Crippen LogP contribution is 2.20. The van der Waals surface area contributed by atoms with Crippen molar-refractivity contribution < 1.29 is 8.42 Å². The van der Waals surface area contributed by atoms with E-state index < -0.39 is 10.0 Å². The summed E-state index contributed by atoms with van der Waals surface area (Å²) in [5.74, 6) is 0.611. The first-order valence-corrected chi connectivity index (χ1v) is 7.32. The molecule has 0 aliphatic rings. The van der Waals surface area contributed by atoms with Crippen molar-refractivity contribution in [2.45, 2.75) is 37.1 Å². The maximum Gasteiger partial charge on any atom is 0.239 e. The molecule has 1 unspecified atom stereocenters. The first kappa shape index (κ1) is 14.9. The summed E-state index contributed by atoms with van der Waals surface area (Å²) in [4.78, 5) is 4.05. The van der Waals surface area contributed by atoms with Crippen LogP contribution in [0.25, 0.3) is 0 Å². The lowest BCUT2D eigenvalue weighted by Crippen LogP contribution is -2.36. The van der Waals surface area contributed by atoms with E-state index in [2.05, 4.69) is 24.1 Å². The average molecular weight is 272 g/mol. The van der Waals surface area contributed by atoms with Crippen molar-refractivity contribution in [2.24, 2.45) is 10.9 Å². The first-order chi connectivity index (χ1) is 8.30. The van der Waals surface area contributed by atoms with Gasteiger partial charge in [0.25, 0.3) is 0 Å². The van der Waals surface area contributed by atoms with Gasteiger partial charge in [-0.25, -0.2) is 18.5 Å². The van der Waals surface area contributed by atoms with Crippen molar-refractivity contribution in [1.29, 1.82) is 0 Å². The lowest BCUT2D eigenvalue weighted by Gasteiger charge is -2.29. The van der Waals surface area contributed by atoms with Crippen LogP contribution in [-0.4, -0.2) is 25.5 Å². The molecular formula is C11H20N4O2S. The number of sulfonamides is 1. The Morgan fingerprint density at radius 1 is 1.44 bits per heavy atom. The van der Waals surface area contributed by atoms with Crippen LogP contribution < -0.4 is 16.2 Å². The van der Waals surface area contributed by atoms with Gasteiger partial charge in [-0.15, -0.1) is 0 Å². The van der Waals surface area contributed by atoms with Crippen molar-refractivity contribution in [1.82, 2.24) is 4.98 Å². The molecule has 0 fully saturated rings. The Bertz CT molecular complexity index is 486. The molecule has 1 atom stereocenters. The lowest BCUT2D eigenvalue weighted by atomic mass is 9.94. The second kappa shape index (κ2) is 5.64. The number of anilines is 1. The number of primary sulfonamides is 1. The Kier molecular flexibility index (Phi) is 4.66. The molecule has 7 heteroatoms. The Morgan fingerprint density at radius 3 is 2.50 bits per heavy atom. The zero-order chi connectivity index (χ0) is 13.8. The third kappa shape index (κ3) is 3.94. The monoisotopic (exact) mass is 272 g/mol. The topological polar surface area (TPSA) is 111 Å². The van der Waals surface area contributed by atoms with Crippen LogP contribution in [0.1, 0.15) is 26.7 Å². The van der Waals surface area contributed by atoms with Crippen molar-refractivity contribution in [3.8, 4) is 0 Å². The van der Waals surface area contributed by atoms with Gasteiger partial charge in [-0.1, -0.05) is 6.92 Å². The third-order valence-electron chi connectivity index (χ3n) is 2.97. The molecule has 0 aliphatic heterocycles. The van der Waals surface area contributed by atoms with Crippen molar-refractivity contribution in [3.63, 3.8) is 0 Å². The molecule has 0 saturated heterocycles. The summed E-state index contributed by atoms with van der Waals surface area (Å²) in [7, 11) is -3.69. The molecule has 0 aromatic carbocycles. The minimum atomic E-state index is -3.69. The molecule has 1 rings (SSSR count). The third-order valence-corrected chi connectivity index (χ3v) is 3.87. The van der Waals surface area contributed by atoms with E-state index in [1.807, 2.05) is 0 Å². The minimum absolute atomic E-state index is 0.00470. The molecule has 0 saturated carbocycles. The maximum atomic E-state index is 11.1. The summed E-state index contributed by atoms with van der Waals surface area (Å²) >= 11 is 0. The van der Waals surface area contributed by atoms with Gasteiger partial charge in [-0.3, -0.25) is 0 Å². The van der Waals surface area contributed by atoms with E-state index in [0.717, 1.165) is 12.8 Å². The van der Waals surface area contributed by atoms with Crippen LogP contribution in [0.4, 0.5) is 5.82 Å². The van der Waals surface area contributed by atoms with E-state index in [0.29, 0.717) is 12.4 Å². The number of nitrogens with one attached hydrogen (secondary N) is 1. The highest BCUT2D eigenvalue weighted by molar-refractivity contribution is 7.89. The van der Waals surface area contributed by atoms with Crippen LogP contribution in [0.15, 0.2) is 23.2 Å². The number of nitrogens with two attached hydrogens (primary N) is 2. The van der Waals surface area contributed by atoms with Gasteiger partial charge in [0.2, 0.25) is 10.0 Å². The predicted molar refractivity (Wildman–Crippen MR) is 71.6 cm³/mol. The standard InChI is InChI=1S/C11H20N4O2S/c1-3-11(2,6-7-12)15-10-5-4-9(8-14-10)18(13,16)17/h4-5,8H,3,6-7,12H2,1-2H3,(H,14,15)(H2,13,16,17). The Hall–Kier alpha value is -1.18. The number of hydrogen-bond acceptors (Lipinski definition) is 5. The van der Waals surface area contributed by atoms with Gasteiger partial charge in [0.15, 0.2) is 0 Å². The molecule has 102 valence electrons. The summed E-state index contributed by atoms with van der Waals surface area (Å²) < 4.78 is 22.2. The number of aromatic nitrogens is 1. The fourth-order valence-corrected chi connectivity index (χ4v) is 2.04. The molecule has 5 N–H and O–H groups in total. The fraction of sp³-hybridized carbons (Fsp3) is 0.545. The quantitative estimate of drug-likeness (QED) is 0.704. The van der Waals surface area contributed by atoms with E-state index in [1.54, 1.807) is 6.07 Å². The number of hydrogen-bond donors (Lipinski definition) is 3. The van der Waals surface area contributed by atoms with Crippen molar-refractivity contribution in [3.05, 3.63) is 18.3 Å². The summed E-state index contributed by atoms with van der Waals surface area (Å²) in [6, 6.07) is 3.04. The first-order valence-electron chi connectivity index (χ1n) is 5.78. The largest absolute Gasteiger partial charge is 0.365 e. The second-order valence-electron chi connectivity index (χ2n) is 4.50. The molecule has 6 nitrogen and oxygen atoms in total. The SMILES string of the molecule is CCC(C)(CCN)Nc1ccc(S(N)(=O)=O)cn1. The highest BCUT2D eigenvalue weighted by Gasteiger charge is 2.21. The number of rotatable bonds is 6. The summed E-state index contributed by atoms with van der Waals surface area (Å²) in [6.07, 6.45) is 2.95. The van der Waals surface area contributed by atoms with Crippen LogP contribution in [0.3, 0.4) is 0 Å². The highest BCUT2D eigenvalue weighted by atomic mass is 32.2. The summed E-state index contributed by atoms with van der Waals surface area (Å²) in [5, 5.41) is 8.26. The minimum Gasteiger partial charge on any atom is -0.365 e. The number of nitrogens with zero attached hydrogens (tertiary/aromatic N) is 1. The molecule has 1 aromatic heterocycles. The lowest BCUT2D eigenvalue weighted by molar-refractivity contribution is 0.462. The number of pyridine rings is 1. The van der Waals surface area contributed by atoms with Crippen LogP contribution in [0, 0.1) is 0 Å². The fourth-order valence-electron chi connectivity index (χ4n) is 1.58. The Balaban J connectivity index is 2.87. The molecular weight excluding hydrogens is 252 g/mol. The second-order valence-corrected chi connectivity index (χ2v) is 6.06. The molecule has 0 spiro atoms. The molecule has 1 heterocycles. The zero-order valence-electron chi connectivity index (χ0n) is 10.7. The molecule has 0 bridgehead atoms.